The fourth-order valence-electron chi connectivity index (χ4n) is 2.29. The maximum Gasteiger partial charge on any atom is 0.0197 e. The Morgan fingerprint density at radius 2 is 2.31 bits per heavy atom. The molecule has 0 aromatic rings. The minimum atomic E-state index is 0.331. The molecule has 0 bridgehead atoms. The Balaban J connectivity index is 2.58. The Morgan fingerprint density at radius 1 is 1.62 bits per heavy atom. The molecule has 13 heavy (non-hydrogen) atoms. The van der Waals surface area contributed by atoms with Gasteiger partial charge < -0.3 is 5.32 Å². The molecule has 1 saturated heterocycles. The van der Waals surface area contributed by atoms with Crippen LogP contribution in [0.2, 0.25) is 0 Å². The van der Waals surface area contributed by atoms with Gasteiger partial charge in [0.2, 0.25) is 0 Å². The third-order valence-electron chi connectivity index (χ3n) is 3.36. The fourth-order valence-corrected chi connectivity index (χ4v) is 2.29. The monoisotopic (exact) mass is 182 g/mol. The molecule has 1 atom stereocenters. The number of likely N-dealkylation sites (tertiary alicyclic amines) is 1. The summed E-state index contributed by atoms with van der Waals surface area (Å²) >= 11 is 0. The second-order valence-electron chi connectivity index (χ2n) is 4.43. The van der Waals surface area contributed by atoms with Gasteiger partial charge in [-0.2, -0.15) is 0 Å². The van der Waals surface area contributed by atoms with Gasteiger partial charge in [-0.15, -0.1) is 6.58 Å². The second kappa shape index (κ2) is 4.25. The molecule has 1 aliphatic rings. The van der Waals surface area contributed by atoms with Crippen LogP contribution in [0.15, 0.2) is 12.7 Å². The van der Waals surface area contributed by atoms with Crippen LogP contribution in [0.3, 0.4) is 0 Å². The molecule has 0 saturated carbocycles. The lowest BCUT2D eigenvalue weighted by atomic mass is 9.88. The highest BCUT2D eigenvalue weighted by Gasteiger charge is 2.39. The van der Waals surface area contributed by atoms with E-state index in [4.69, 9.17) is 0 Å². The maximum atomic E-state index is 3.80. The highest BCUT2D eigenvalue weighted by atomic mass is 15.2. The van der Waals surface area contributed by atoms with Crippen molar-refractivity contribution in [3.63, 3.8) is 0 Å². The van der Waals surface area contributed by atoms with Crippen LogP contribution in [-0.2, 0) is 0 Å². The zero-order valence-corrected chi connectivity index (χ0v) is 9.14. The van der Waals surface area contributed by atoms with E-state index in [0.29, 0.717) is 5.54 Å². The summed E-state index contributed by atoms with van der Waals surface area (Å²) < 4.78 is 0. The van der Waals surface area contributed by atoms with Crippen molar-refractivity contribution in [1.82, 2.24) is 10.2 Å². The van der Waals surface area contributed by atoms with Crippen LogP contribution in [-0.4, -0.2) is 37.1 Å². The maximum absolute atomic E-state index is 3.80. The third kappa shape index (κ3) is 2.12. The molecule has 1 unspecified atom stereocenters. The summed E-state index contributed by atoms with van der Waals surface area (Å²) in [6.07, 6.45) is 3.31. The fraction of sp³-hybridized carbons (Fsp3) is 0.818. The van der Waals surface area contributed by atoms with Gasteiger partial charge in [-0.25, -0.2) is 0 Å². The van der Waals surface area contributed by atoms with E-state index in [1.54, 1.807) is 0 Å². The first-order valence-corrected chi connectivity index (χ1v) is 5.13. The smallest absolute Gasteiger partial charge is 0.0197 e. The van der Waals surface area contributed by atoms with E-state index in [0.717, 1.165) is 19.0 Å². The summed E-state index contributed by atoms with van der Waals surface area (Å²) in [7, 11) is 2.03. The largest absolute Gasteiger partial charge is 0.319 e. The molecular weight excluding hydrogens is 160 g/mol. The summed E-state index contributed by atoms with van der Waals surface area (Å²) in [4.78, 5) is 2.52. The van der Waals surface area contributed by atoms with Gasteiger partial charge in [-0.3, -0.25) is 4.90 Å². The molecule has 1 aliphatic heterocycles. The average Bonchev–Trinajstić information content (AvgIpc) is 2.33. The zero-order chi connectivity index (χ0) is 9.90. The molecule has 2 nitrogen and oxygen atoms in total. The van der Waals surface area contributed by atoms with Crippen LogP contribution < -0.4 is 5.32 Å². The van der Waals surface area contributed by atoms with E-state index < -0.39 is 0 Å². The molecule has 1 rings (SSSR count). The lowest BCUT2D eigenvalue weighted by molar-refractivity contribution is 0.153. The summed E-state index contributed by atoms with van der Waals surface area (Å²) in [5.74, 6) is 0.775. The standard InChI is InChI=1S/C11H22N2/c1-5-7-13-8-6-10(9-12-4)11(13,2)3/h5,10,12H,1,6-9H2,2-4H3. The van der Waals surface area contributed by atoms with E-state index in [9.17, 15) is 0 Å². The molecule has 1 fully saturated rings. The summed E-state index contributed by atoms with van der Waals surface area (Å²) in [5, 5.41) is 3.28. The Kier molecular flexibility index (Phi) is 3.51. The Bertz CT molecular complexity index is 175. The van der Waals surface area contributed by atoms with Gasteiger partial charge in [0.25, 0.3) is 0 Å². The molecular formula is C11H22N2. The highest BCUT2D eigenvalue weighted by molar-refractivity contribution is 4.97. The molecule has 0 aliphatic carbocycles. The molecule has 0 aromatic carbocycles. The van der Waals surface area contributed by atoms with Crippen LogP contribution in [0, 0.1) is 5.92 Å². The Hall–Kier alpha value is -0.340. The number of hydrogen-bond acceptors (Lipinski definition) is 2. The summed E-state index contributed by atoms with van der Waals surface area (Å²) in [5.41, 5.74) is 0.331. The van der Waals surface area contributed by atoms with Crippen molar-refractivity contribution in [3.05, 3.63) is 12.7 Å². The molecule has 0 aromatic heterocycles. The lowest BCUT2D eigenvalue weighted by Gasteiger charge is -2.35. The minimum Gasteiger partial charge on any atom is -0.319 e. The average molecular weight is 182 g/mol. The van der Waals surface area contributed by atoms with Crippen LogP contribution in [0.1, 0.15) is 20.3 Å². The van der Waals surface area contributed by atoms with Gasteiger partial charge in [-0.05, 0) is 46.3 Å². The molecule has 1 heterocycles. The molecule has 0 amide bonds. The third-order valence-corrected chi connectivity index (χ3v) is 3.36. The topological polar surface area (TPSA) is 15.3 Å². The number of hydrogen-bond donors (Lipinski definition) is 1. The van der Waals surface area contributed by atoms with Gasteiger partial charge in [-0.1, -0.05) is 6.08 Å². The van der Waals surface area contributed by atoms with Crippen molar-refractivity contribution in [1.29, 1.82) is 0 Å². The lowest BCUT2D eigenvalue weighted by Crippen LogP contribution is -2.45. The second-order valence-corrected chi connectivity index (χ2v) is 4.43. The normalized spacial score (nSPS) is 27.8. The first-order chi connectivity index (χ1) is 6.12. The van der Waals surface area contributed by atoms with Gasteiger partial charge in [0, 0.05) is 12.1 Å². The molecule has 1 N–H and O–H groups in total. The van der Waals surface area contributed by atoms with Gasteiger partial charge in [0.05, 0.1) is 0 Å². The predicted octanol–water partition coefficient (Wildman–Crippen LogP) is 1.49. The van der Waals surface area contributed by atoms with Crippen molar-refractivity contribution >= 4 is 0 Å². The quantitative estimate of drug-likeness (QED) is 0.663. The number of nitrogens with one attached hydrogen (secondary N) is 1. The molecule has 0 spiro atoms. The van der Waals surface area contributed by atoms with Gasteiger partial charge >= 0.3 is 0 Å². The minimum absolute atomic E-state index is 0.331. The van der Waals surface area contributed by atoms with Crippen LogP contribution in [0.4, 0.5) is 0 Å². The highest BCUT2D eigenvalue weighted by Crippen LogP contribution is 2.33. The Morgan fingerprint density at radius 3 is 2.85 bits per heavy atom. The van der Waals surface area contributed by atoms with Crippen molar-refractivity contribution in [2.45, 2.75) is 25.8 Å². The van der Waals surface area contributed by atoms with Gasteiger partial charge in [0.15, 0.2) is 0 Å². The molecule has 0 radical (unpaired) electrons. The Labute approximate surface area is 82.0 Å². The van der Waals surface area contributed by atoms with E-state index in [1.165, 1.54) is 13.0 Å². The van der Waals surface area contributed by atoms with Crippen molar-refractivity contribution in [3.8, 4) is 0 Å². The zero-order valence-electron chi connectivity index (χ0n) is 9.14. The molecule has 2 heteroatoms. The number of nitrogens with zero attached hydrogens (tertiary/aromatic N) is 1. The first-order valence-electron chi connectivity index (χ1n) is 5.13. The van der Waals surface area contributed by atoms with Crippen molar-refractivity contribution in [2.75, 3.05) is 26.7 Å². The molecule has 76 valence electrons. The predicted molar refractivity (Wildman–Crippen MR) is 57.9 cm³/mol. The summed E-state index contributed by atoms with van der Waals surface area (Å²) in [6, 6.07) is 0. The SMILES string of the molecule is C=CCN1CCC(CNC)C1(C)C. The van der Waals surface area contributed by atoms with Crippen molar-refractivity contribution in [2.24, 2.45) is 5.92 Å². The summed E-state index contributed by atoms with van der Waals surface area (Å²) in [6.45, 7) is 11.8. The van der Waals surface area contributed by atoms with E-state index in [1.807, 2.05) is 13.1 Å². The van der Waals surface area contributed by atoms with E-state index in [2.05, 4.69) is 30.6 Å². The number of rotatable bonds is 4. The van der Waals surface area contributed by atoms with Crippen LogP contribution in [0.25, 0.3) is 0 Å². The van der Waals surface area contributed by atoms with E-state index >= 15 is 0 Å². The van der Waals surface area contributed by atoms with Crippen LogP contribution >= 0.6 is 0 Å². The van der Waals surface area contributed by atoms with E-state index in [-0.39, 0.29) is 0 Å². The first kappa shape index (κ1) is 10.7. The van der Waals surface area contributed by atoms with Crippen molar-refractivity contribution < 1.29 is 0 Å². The van der Waals surface area contributed by atoms with Crippen LogP contribution in [0.5, 0.6) is 0 Å². The van der Waals surface area contributed by atoms with Gasteiger partial charge in [0.1, 0.15) is 0 Å².